The number of nitrogens with zero attached hydrogens (tertiary/aromatic N) is 1. The zero-order valence-electron chi connectivity index (χ0n) is 18.4. The summed E-state index contributed by atoms with van der Waals surface area (Å²) in [4.78, 5) is 28.5. The second-order valence-corrected chi connectivity index (χ2v) is 7.37. The number of rotatable bonds is 10. The van der Waals surface area contributed by atoms with Gasteiger partial charge in [-0.3, -0.25) is 4.79 Å². The molecule has 0 atom stereocenters. The number of halogens is 1. The predicted octanol–water partition coefficient (Wildman–Crippen LogP) is 4.54. The van der Waals surface area contributed by atoms with E-state index < -0.39 is 5.82 Å². The molecular formula is C25H27FN4O3. The maximum Gasteiger partial charge on any atom is 0.315 e. The summed E-state index contributed by atoms with van der Waals surface area (Å²) >= 11 is 0. The smallest absolute Gasteiger partial charge is 0.315 e. The number of pyridine rings is 1. The van der Waals surface area contributed by atoms with Crippen LogP contribution in [0.2, 0.25) is 0 Å². The summed E-state index contributed by atoms with van der Waals surface area (Å²) in [5.74, 6) is 0.0965. The Labute approximate surface area is 192 Å². The van der Waals surface area contributed by atoms with Crippen LogP contribution in [-0.4, -0.2) is 23.5 Å². The van der Waals surface area contributed by atoms with Crippen LogP contribution < -0.4 is 20.7 Å². The molecule has 172 valence electrons. The number of carbonyl (C=O) groups excluding carboxylic acids is 2. The number of carbonyl (C=O) groups is 2. The lowest BCUT2D eigenvalue weighted by Gasteiger charge is -2.12. The zero-order valence-corrected chi connectivity index (χ0v) is 18.4. The van der Waals surface area contributed by atoms with Gasteiger partial charge in [0.05, 0.1) is 0 Å². The van der Waals surface area contributed by atoms with E-state index in [1.807, 2.05) is 0 Å². The number of amides is 3. The van der Waals surface area contributed by atoms with Crippen molar-refractivity contribution in [2.45, 2.75) is 32.9 Å². The third-order valence-electron chi connectivity index (χ3n) is 4.79. The normalized spacial score (nSPS) is 10.4. The van der Waals surface area contributed by atoms with E-state index in [0.29, 0.717) is 30.0 Å². The minimum absolute atomic E-state index is 0.103. The lowest BCUT2D eigenvalue weighted by Crippen LogP contribution is -2.34. The molecule has 3 N–H and O–H groups in total. The molecule has 0 fully saturated rings. The van der Waals surface area contributed by atoms with E-state index in [-0.39, 0.29) is 24.4 Å². The molecule has 0 aliphatic heterocycles. The van der Waals surface area contributed by atoms with Crippen molar-refractivity contribution in [1.82, 2.24) is 20.9 Å². The van der Waals surface area contributed by atoms with Crippen LogP contribution in [0.1, 0.15) is 41.3 Å². The van der Waals surface area contributed by atoms with Crippen molar-refractivity contribution in [3.05, 3.63) is 89.4 Å². The molecule has 3 amide bonds. The average molecular weight is 451 g/mol. The van der Waals surface area contributed by atoms with Crippen molar-refractivity contribution in [2.75, 3.05) is 6.54 Å². The van der Waals surface area contributed by atoms with Crippen LogP contribution in [0, 0.1) is 5.82 Å². The summed E-state index contributed by atoms with van der Waals surface area (Å²) in [6.07, 6.45) is 3.53. The van der Waals surface area contributed by atoms with Crippen molar-refractivity contribution in [3.63, 3.8) is 0 Å². The Hall–Kier alpha value is -3.94. The predicted molar refractivity (Wildman–Crippen MR) is 123 cm³/mol. The molecule has 8 heteroatoms. The third kappa shape index (κ3) is 7.60. The van der Waals surface area contributed by atoms with Gasteiger partial charge in [0.15, 0.2) is 0 Å². The number of hydrogen-bond acceptors (Lipinski definition) is 4. The maximum atomic E-state index is 13.4. The second kappa shape index (κ2) is 12.2. The number of urea groups is 1. The van der Waals surface area contributed by atoms with Crippen LogP contribution in [-0.2, 0) is 13.1 Å². The molecule has 3 aromatic rings. The molecule has 0 unspecified atom stereocenters. The minimum atomic E-state index is -0.410. The standard InChI is InChI=1S/C25H27FN4O3/c1-2-3-13-27-23(31)19-11-9-18(10-12-19)16-29-25(32)30-17-20-6-5-14-28-24(20)33-22-8-4-7-21(26)15-22/h4-12,14-15H,2-3,13,16-17H2,1H3,(H,27,31)(H2,29,30,32). The number of aromatic nitrogens is 1. The van der Waals surface area contributed by atoms with Crippen molar-refractivity contribution >= 4 is 11.9 Å². The van der Waals surface area contributed by atoms with Crippen molar-refractivity contribution in [3.8, 4) is 11.6 Å². The molecule has 7 nitrogen and oxygen atoms in total. The summed E-state index contributed by atoms with van der Waals surface area (Å²) in [7, 11) is 0. The first-order chi connectivity index (χ1) is 16.0. The first-order valence-electron chi connectivity index (χ1n) is 10.8. The van der Waals surface area contributed by atoms with E-state index in [0.717, 1.165) is 18.4 Å². The molecule has 0 aliphatic rings. The van der Waals surface area contributed by atoms with Crippen LogP contribution in [0.5, 0.6) is 11.6 Å². The number of benzene rings is 2. The quantitative estimate of drug-likeness (QED) is 0.396. The van der Waals surface area contributed by atoms with Gasteiger partial charge in [0.2, 0.25) is 5.88 Å². The number of nitrogens with one attached hydrogen (secondary N) is 3. The molecule has 0 spiro atoms. The van der Waals surface area contributed by atoms with E-state index in [4.69, 9.17) is 4.74 Å². The monoisotopic (exact) mass is 450 g/mol. The lowest BCUT2D eigenvalue weighted by molar-refractivity contribution is 0.0953. The van der Waals surface area contributed by atoms with E-state index in [1.54, 1.807) is 54.7 Å². The summed E-state index contributed by atoms with van der Waals surface area (Å²) in [6.45, 7) is 3.22. The fraction of sp³-hybridized carbons (Fsp3) is 0.240. The van der Waals surface area contributed by atoms with Crippen LogP contribution >= 0.6 is 0 Å². The van der Waals surface area contributed by atoms with Gasteiger partial charge in [0, 0.05) is 43.0 Å². The Morgan fingerprint density at radius 1 is 0.970 bits per heavy atom. The molecule has 2 aromatic carbocycles. The van der Waals surface area contributed by atoms with Gasteiger partial charge in [-0.2, -0.15) is 0 Å². The SMILES string of the molecule is CCCCNC(=O)c1ccc(CNC(=O)NCc2cccnc2Oc2cccc(F)c2)cc1. The summed E-state index contributed by atoms with van der Waals surface area (Å²) in [6, 6.07) is 16.0. The van der Waals surface area contributed by atoms with Gasteiger partial charge in [0.1, 0.15) is 11.6 Å². The fourth-order valence-corrected chi connectivity index (χ4v) is 2.97. The first-order valence-corrected chi connectivity index (χ1v) is 10.8. The topological polar surface area (TPSA) is 92.4 Å². The highest BCUT2D eigenvalue weighted by molar-refractivity contribution is 5.94. The van der Waals surface area contributed by atoms with Gasteiger partial charge >= 0.3 is 6.03 Å². The Bertz CT molecular complexity index is 1070. The first kappa shape index (κ1) is 23.7. The molecule has 0 radical (unpaired) electrons. The Morgan fingerprint density at radius 2 is 1.76 bits per heavy atom. The lowest BCUT2D eigenvalue weighted by atomic mass is 10.1. The minimum Gasteiger partial charge on any atom is -0.439 e. The Kier molecular flexibility index (Phi) is 8.76. The Balaban J connectivity index is 1.48. The molecule has 3 rings (SSSR count). The van der Waals surface area contributed by atoms with E-state index >= 15 is 0 Å². The fourth-order valence-electron chi connectivity index (χ4n) is 2.97. The summed E-state index contributed by atoms with van der Waals surface area (Å²) < 4.78 is 19.0. The van der Waals surface area contributed by atoms with Crippen molar-refractivity contribution in [1.29, 1.82) is 0 Å². The van der Waals surface area contributed by atoms with Gasteiger partial charge in [-0.15, -0.1) is 0 Å². The largest absolute Gasteiger partial charge is 0.439 e. The van der Waals surface area contributed by atoms with Crippen LogP contribution in [0.15, 0.2) is 66.9 Å². The van der Waals surface area contributed by atoms with E-state index in [2.05, 4.69) is 27.9 Å². The molecule has 0 bridgehead atoms. The average Bonchev–Trinajstić information content (AvgIpc) is 2.82. The molecular weight excluding hydrogens is 423 g/mol. The van der Waals surface area contributed by atoms with Gasteiger partial charge in [-0.05, 0) is 42.3 Å². The van der Waals surface area contributed by atoms with Gasteiger partial charge in [-0.25, -0.2) is 14.2 Å². The second-order valence-electron chi connectivity index (χ2n) is 7.37. The maximum absolute atomic E-state index is 13.4. The third-order valence-corrected chi connectivity index (χ3v) is 4.79. The van der Waals surface area contributed by atoms with Crippen LogP contribution in [0.4, 0.5) is 9.18 Å². The highest BCUT2D eigenvalue weighted by Gasteiger charge is 2.09. The number of hydrogen-bond donors (Lipinski definition) is 3. The van der Waals surface area contributed by atoms with Crippen molar-refractivity contribution in [2.24, 2.45) is 0 Å². The Morgan fingerprint density at radius 3 is 2.52 bits per heavy atom. The highest BCUT2D eigenvalue weighted by atomic mass is 19.1. The molecule has 0 saturated heterocycles. The zero-order chi connectivity index (χ0) is 23.5. The van der Waals surface area contributed by atoms with Crippen LogP contribution in [0.3, 0.4) is 0 Å². The van der Waals surface area contributed by atoms with Gasteiger partial charge < -0.3 is 20.7 Å². The highest BCUT2D eigenvalue weighted by Crippen LogP contribution is 2.23. The molecule has 33 heavy (non-hydrogen) atoms. The van der Waals surface area contributed by atoms with E-state index in [1.165, 1.54) is 12.1 Å². The number of unbranched alkanes of at least 4 members (excludes halogenated alkanes) is 1. The van der Waals surface area contributed by atoms with Crippen LogP contribution in [0.25, 0.3) is 0 Å². The van der Waals surface area contributed by atoms with Gasteiger partial charge in [-0.1, -0.05) is 37.6 Å². The molecule has 0 saturated carbocycles. The molecule has 1 heterocycles. The van der Waals surface area contributed by atoms with Crippen molar-refractivity contribution < 1.29 is 18.7 Å². The van der Waals surface area contributed by atoms with Gasteiger partial charge in [0.25, 0.3) is 5.91 Å². The molecule has 0 aliphatic carbocycles. The summed E-state index contributed by atoms with van der Waals surface area (Å²) in [5, 5.41) is 8.40. The molecule has 1 aromatic heterocycles. The number of ether oxygens (including phenoxy) is 1. The van der Waals surface area contributed by atoms with E-state index in [9.17, 15) is 14.0 Å². The summed E-state index contributed by atoms with van der Waals surface area (Å²) in [5.41, 5.74) is 2.10.